The second-order valence-electron chi connectivity index (χ2n) is 8.11. The maximum Gasteiger partial charge on any atom is 0.173 e. The van der Waals surface area contributed by atoms with Crippen LogP contribution in [-0.4, -0.2) is 44.4 Å². The molecule has 2 heterocycles. The van der Waals surface area contributed by atoms with Gasteiger partial charge in [0.1, 0.15) is 6.33 Å². The summed E-state index contributed by atoms with van der Waals surface area (Å²) < 4.78 is 0. The number of aliphatic hydroxyl groups excluding tert-OH is 1. The van der Waals surface area contributed by atoms with Gasteiger partial charge in [-0.15, -0.1) is 0 Å². The summed E-state index contributed by atoms with van der Waals surface area (Å²) in [6.07, 6.45) is 3.59. The molecule has 5 rings (SSSR count). The van der Waals surface area contributed by atoms with Crippen molar-refractivity contribution in [3.63, 3.8) is 0 Å². The molecule has 1 unspecified atom stereocenters. The topological polar surface area (TPSA) is 65.0 Å². The molecule has 2 N–H and O–H groups in total. The summed E-state index contributed by atoms with van der Waals surface area (Å²) in [7, 11) is 0. The van der Waals surface area contributed by atoms with Gasteiger partial charge in [-0.25, -0.2) is 4.98 Å². The summed E-state index contributed by atoms with van der Waals surface area (Å²) >= 11 is 0. The van der Waals surface area contributed by atoms with Crippen molar-refractivity contribution in [3.8, 4) is 0 Å². The van der Waals surface area contributed by atoms with Crippen LogP contribution < -0.4 is 0 Å². The lowest BCUT2D eigenvalue weighted by Crippen LogP contribution is -2.52. The van der Waals surface area contributed by atoms with Crippen molar-refractivity contribution < 1.29 is 5.11 Å². The minimum atomic E-state index is -0.509. The normalized spacial score (nSPS) is 18.7. The molecule has 0 aliphatic carbocycles. The molecule has 1 aliphatic rings. The van der Waals surface area contributed by atoms with Crippen molar-refractivity contribution in [2.75, 3.05) is 13.1 Å². The predicted octanol–water partition coefficient (Wildman–Crippen LogP) is 4.25. The Morgan fingerprint density at radius 3 is 1.84 bits per heavy atom. The highest BCUT2D eigenvalue weighted by Crippen LogP contribution is 2.44. The lowest BCUT2D eigenvalue weighted by Gasteiger charge is -2.48. The van der Waals surface area contributed by atoms with E-state index in [9.17, 15) is 5.11 Å². The number of aromatic amines is 1. The fraction of sp³-hybridized carbons (Fsp3) is 0.185. The fourth-order valence-corrected chi connectivity index (χ4v) is 4.84. The van der Waals surface area contributed by atoms with Crippen LogP contribution >= 0.6 is 0 Å². The maximum atomic E-state index is 10.8. The second kappa shape index (κ2) is 8.91. The van der Waals surface area contributed by atoms with Crippen molar-refractivity contribution in [1.82, 2.24) is 20.1 Å². The van der Waals surface area contributed by atoms with Crippen molar-refractivity contribution >= 4 is 6.08 Å². The SMILES string of the molecule is OC1CCN(C(c2ccccc2)(c2ccccc2)c2ccccc2)C/C1=C\c1nc[nH]n1. The molecular formula is C27H26N4O. The van der Waals surface area contributed by atoms with E-state index in [1.54, 1.807) is 6.33 Å². The van der Waals surface area contributed by atoms with Crippen molar-refractivity contribution in [1.29, 1.82) is 0 Å². The first-order valence-corrected chi connectivity index (χ1v) is 10.9. The zero-order chi connectivity index (χ0) is 21.8. The highest BCUT2D eigenvalue weighted by molar-refractivity contribution is 5.52. The molecule has 0 saturated carbocycles. The van der Waals surface area contributed by atoms with Crippen LogP contribution in [-0.2, 0) is 5.54 Å². The molecule has 1 aromatic heterocycles. The molecule has 1 atom stereocenters. The number of aliphatic hydroxyl groups is 1. The number of likely N-dealkylation sites (tertiary alicyclic amines) is 1. The molecular weight excluding hydrogens is 396 g/mol. The average molecular weight is 423 g/mol. The van der Waals surface area contributed by atoms with Gasteiger partial charge in [-0.05, 0) is 34.8 Å². The van der Waals surface area contributed by atoms with E-state index >= 15 is 0 Å². The largest absolute Gasteiger partial charge is 0.389 e. The molecule has 5 nitrogen and oxygen atoms in total. The van der Waals surface area contributed by atoms with E-state index in [1.165, 1.54) is 16.7 Å². The van der Waals surface area contributed by atoms with Crippen LogP contribution in [0, 0.1) is 0 Å². The number of nitrogens with zero attached hydrogens (tertiary/aromatic N) is 3. The Labute approximate surface area is 188 Å². The van der Waals surface area contributed by atoms with Crippen molar-refractivity contribution in [2.45, 2.75) is 18.1 Å². The third-order valence-electron chi connectivity index (χ3n) is 6.27. The molecule has 5 heteroatoms. The van der Waals surface area contributed by atoms with E-state index in [0.29, 0.717) is 18.8 Å². The minimum Gasteiger partial charge on any atom is -0.389 e. The van der Waals surface area contributed by atoms with Gasteiger partial charge in [0, 0.05) is 13.1 Å². The van der Waals surface area contributed by atoms with Gasteiger partial charge >= 0.3 is 0 Å². The number of hydrogen-bond donors (Lipinski definition) is 2. The molecule has 4 aromatic rings. The van der Waals surface area contributed by atoms with Gasteiger partial charge < -0.3 is 5.11 Å². The smallest absolute Gasteiger partial charge is 0.173 e. The quantitative estimate of drug-likeness (QED) is 0.472. The molecule has 32 heavy (non-hydrogen) atoms. The van der Waals surface area contributed by atoms with E-state index in [0.717, 1.165) is 12.1 Å². The number of hydrogen-bond acceptors (Lipinski definition) is 4. The van der Waals surface area contributed by atoms with Gasteiger partial charge in [0.15, 0.2) is 5.82 Å². The lowest BCUT2D eigenvalue weighted by molar-refractivity contribution is 0.0871. The Bertz CT molecular complexity index is 1060. The van der Waals surface area contributed by atoms with Gasteiger partial charge in [-0.2, -0.15) is 5.10 Å². The molecule has 1 fully saturated rings. The summed E-state index contributed by atoms with van der Waals surface area (Å²) in [4.78, 5) is 6.70. The third-order valence-corrected chi connectivity index (χ3v) is 6.27. The molecule has 0 radical (unpaired) electrons. The highest BCUT2D eigenvalue weighted by atomic mass is 16.3. The zero-order valence-corrected chi connectivity index (χ0v) is 17.8. The lowest BCUT2D eigenvalue weighted by atomic mass is 9.74. The van der Waals surface area contributed by atoms with E-state index in [-0.39, 0.29) is 0 Å². The molecule has 0 spiro atoms. The van der Waals surface area contributed by atoms with Gasteiger partial charge in [-0.3, -0.25) is 10.00 Å². The Morgan fingerprint density at radius 2 is 1.38 bits per heavy atom. The van der Waals surface area contributed by atoms with E-state index < -0.39 is 11.6 Å². The zero-order valence-electron chi connectivity index (χ0n) is 17.8. The molecule has 1 saturated heterocycles. The Morgan fingerprint density at radius 1 is 0.844 bits per heavy atom. The van der Waals surface area contributed by atoms with Crippen LogP contribution in [0.5, 0.6) is 0 Å². The average Bonchev–Trinajstić information content (AvgIpc) is 3.37. The minimum absolute atomic E-state index is 0.498. The van der Waals surface area contributed by atoms with E-state index in [1.807, 2.05) is 6.08 Å². The van der Waals surface area contributed by atoms with Gasteiger partial charge in [-0.1, -0.05) is 91.0 Å². The Balaban J connectivity index is 1.71. The van der Waals surface area contributed by atoms with E-state index in [2.05, 4.69) is 111 Å². The second-order valence-corrected chi connectivity index (χ2v) is 8.11. The first kappa shape index (κ1) is 20.4. The number of aromatic nitrogens is 3. The van der Waals surface area contributed by atoms with Crippen molar-refractivity contribution in [3.05, 3.63) is 125 Å². The van der Waals surface area contributed by atoms with Crippen LogP contribution in [0.1, 0.15) is 28.9 Å². The molecule has 3 aromatic carbocycles. The molecule has 0 amide bonds. The van der Waals surface area contributed by atoms with Crippen LogP contribution in [0.2, 0.25) is 0 Å². The fourth-order valence-electron chi connectivity index (χ4n) is 4.84. The summed E-state index contributed by atoms with van der Waals surface area (Å²) in [6, 6.07) is 31.9. The number of nitrogens with one attached hydrogen (secondary N) is 1. The first-order chi connectivity index (χ1) is 15.8. The Kier molecular flexibility index (Phi) is 5.67. The highest BCUT2D eigenvalue weighted by Gasteiger charge is 2.44. The molecule has 1 aliphatic heterocycles. The number of piperidine rings is 1. The number of H-pyrrole nitrogens is 1. The van der Waals surface area contributed by atoms with Crippen LogP contribution in [0.15, 0.2) is 103 Å². The maximum absolute atomic E-state index is 10.8. The first-order valence-electron chi connectivity index (χ1n) is 10.9. The van der Waals surface area contributed by atoms with Crippen LogP contribution in [0.4, 0.5) is 0 Å². The monoisotopic (exact) mass is 422 g/mol. The van der Waals surface area contributed by atoms with E-state index in [4.69, 9.17) is 0 Å². The third kappa shape index (κ3) is 3.66. The van der Waals surface area contributed by atoms with Crippen molar-refractivity contribution in [2.24, 2.45) is 0 Å². The molecule has 0 bridgehead atoms. The van der Waals surface area contributed by atoms with Gasteiger partial charge in [0.25, 0.3) is 0 Å². The van der Waals surface area contributed by atoms with Gasteiger partial charge in [0.05, 0.1) is 11.6 Å². The molecule has 160 valence electrons. The predicted molar refractivity (Wildman–Crippen MR) is 126 cm³/mol. The standard InChI is InChI=1S/C27H26N4O/c32-25-16-17-31(19-21(25)18-26-28-20-29-30-26)27(22-10-4-1-5-11-22,23-12-6-2-7-13-23)24-14-8-3-9-15-24/h1-15,18,20,25,32H,16-17,19H2,(H,28,29,30)/b21-18+. The van der Waals surface area contributed by atoms with Crippen LogP contribution in [0.25, 0.3) is 6.08 Å². The number of benzene rings is 3. The summed E-state index contributed by atoms with van der Waals surface area (Å²) in [5.41, 5.74) is 4.02. The summed E-state index contributed by atoms with van der Waals surface area (Å²) in [6.45, 7) is 1.36. The van der Waals surface area contributed by atoms with Crippen LogP contribution in [0.3, 0.4) is 0 Å². The summed E-state index contributed by atoms with van der Waals surface area (Å²) in [5, 5.41) is 17.7. The Hall–Kier alpha value is -3.54. The van der Waals surface area contributed by atoms with Gasteiger partial charge in [0.2, 0.25) is 0 Å². The summed E-state index contributed by atoms with van der Waals surface area (Å²) in [5.74, 6) is 0.589. The number of rotatable bonds is 5.